The van der Waals surface area contributed by atoms with Gasteiger partial charge in [-0.15, -0.1) is 0 Å². The van der Waals surface area contributed by atoms with Crippen LogP contribution in [0.3, 0.4) is 0 Å². The number of hydrogen-bond donors (Lipinski definition) is 2. The van der Waals surface area contributed by atoms with Gasteiger partial charge in [0, 0.05) is 23.2 Å². The molecule has 2 amide bonds. The van der Waals surface area contributed by atoms with Crippen LogP contribution in [-0.2, 0) is 4.79 Å². The van der Waals surface area contributed by atoms with Crippen molar-refractivity contribution < 1.29 is 19.1 Å². The molecule has 0 radical (unpaired) electrons. The number of allylic oxidation sites excluding steroid dienone is 3. The van der Waals surface area contributed by atoms with Crippen LogP contribution in [0.1, 0.15) is 32.7 Å². The first kappa shape index (κ1) is 14.0. The number of fused-ring (bicyclic) bond motifs is 3. The molecule has 0 fully saturated rings. The summed E-state index contributed by atoms with van der Waals surface area (Å²) < 4.78 is 6.30. The number of anilines is 1. The minimum atomic E-state index is -0.925. The number of nitrogen functional groups attached to an aromatic ring is 1. The average Bonchev–Trinajstić information content (AvgIpc) is 2.88. The number of ether oxygens (including phenoxy) is 1. The second-order valence-corrected chi connectivity index (χ2v) is 6.38. The van der Waals surface area contributed by atoms with Crippen LogP contribution in [0.25, 0.3) is 6.08 Å². The Morgan fingerprint density at radius 3 is 2.76 bits per heavy atom. The SMILES string of the molecule is Nc1cc2c(c3c1C(=O)NC3=O)OC13C=CC(=O)CC1=CC=CC3=C2. The zero-order valence-electron chi connectivity index (χ0n) is 13.0. The van der Waals surface area contributed by atoms with Gasteiger partial charge < -0.3 is 10.5 Å². The van der Waals surface area contributed by atoms with Crippen molar-refractivity contribution in [2.75, 3.05) is 5.73 Å². The Labute approximate surface area is 142 Å². The highest BCUT2D eigenvalue weighted by atomic mass is 16.5. The summed E-state index contributed by atoms with van der Waals surface area (Å²) in [5.41, 5.74) is 7.88. The molecule has 0 bridgehead atoms. The molecule has 0 saturated heterocycles. The summed E-state index contributed by atoms with van der Waals surface area (Å²) in [6, 6.07) is 1.63. The largest absolute Gasteiger partial charge is 0.472 e. The topological polar surface area (TPSA) is 98.5 Å². The number of hydrogen-bond acceptors (Lipinski definition) is 5. The van der Waals surface area contributed by atoms with Gasteiger partial charge in [-0.3, -0.25) is 19.7 Å². The van der Waals surface area contributed by atoms with Gasteiger partial charge in [0.25, 0.3) is 11.8 Å². The van der Waals surface area contributed by atoms with Crippen molar-refractivity contribution in [1.82, 2.24) is 5.32 Å². The molecule has 0 saturated carbocycles. The zero-order chi connectivity index (χ0) is 17.3. The maximum atomic E-state index is 12.3. The third-order valence-electron chi connectivity index (χ3n) is 4.94. The van der Waals surface area contributed by atoms with E-state index >= 15 is 0 Å². The monoisotopic (exact) mass is 332 g/mol. The fourth-order valence-corrected chi connectivity index (χ4v) is 3.81. The molecule has 6 heteroatoms. The van der Waals surface area contributed by atoms with Gasteiger partial charge in [0.2, 0.25) is 0 Å². The van der Waals surface area contributed by atoms with E-state index in [1.165, 1.54) is 6.08 Å². The van der Waals surface area contributed by atoms with E-state index in [4.69, 9.17) is 10.5 Å². The molecular formula is C19H12N2O4. The van der Waals surface area contributed by atoms with Gasteiger partial charge in [-0.05, 0) is 29.9 Å². The lowest BCUT2D eigenvalue weighted by atomic mass is 9.74. The molecule has 1 atom stereocenters. The number of carbonyl (C=O) groups excluding carboxylic acids is 3. The molecular weight excluding hydrogens is 320 g/mol. The third-order valence-corrected chi connectivity index (χ3v) is 4.94. The fraction of sp³-hybridized carbons (Fsp3) is 0.105. The van der Waals surface area contributed by atoms with Crippen LogP contribution in [0, 0.1) is 0 Å². The smallest absolute Gasteiger partial charge is 0.262 e. The van der Waals surface area contributed by atoms with E-state index in [0.29, 0.717) is 11.3 Å². The maximum absolute atomic E-state index is 12.3. The number of rotatable bonds is 0. The van der Waals surface area contributed by atoms with Gasteiger partial charge in [0.15, 0.2) is 11.4 Å². The molecule has 1 aromatic carbocycles. The number of amides is 2. The Morgan fingerprint density at radius 2 is 1.92 bits per heavy atom. The second kappa shape index (κ2) is 4.36. The summed E-state index contributed by atoms with van der Waals surface area (Å²) in [7, 11) is 0. The van der Waals surface area contributed by atoms with Crippen molar-refractivity contribution in [3.8, 4) is 5.75 Å². The quantitative estimate of drug-likeness (QED) is 0.556. The molecule has 122 valence electrons. The van der Waals surface area contributed by atoms with Crippen molar-refractivity contribution in [1.29, 1.82) is 0 Å². The number of ketones is 1. The summed E-state index contributed by atoms with van der Waals surface area (Å²) in [6.07, 6.45) is 11.0. The highest BCUT2D eigenvalue weighted by Gasteiger charge is 2.46. The minimum Gasteiger partial charge on any atom is -0.472 e. The van der Waals surface area contributed by atoms with Crippen molar-refractivity contribution in [2.24, 2.45) is 0 Å². The van der Waals surface area contributed by atoms with Crippen molar-refractivity contribution in [3.63, 3.8) is 0 Å². The minimum absolute atomic E-state index is 0.00335. The summed E-state index contributed by atoms with van der Waals surface area (Å²) in [5.74, 6) is -0.734. The summed E-state index contributed by atoms with van der Waals surface area (Å²) in [5, 5.41) is 2.26. The maximum Gasteiger partial charge on any atom is 0.262 e. The van der Waals surface area contributed by atoms with Crippen LogP contribution in [0.2, 0.25) is 0 Å². The molecule has 4 aliphatic rings. The molecule has 6 nitrogen and oxygen atoms in total. The average molecular weight is 332 g/mol. The first-order chi connectivity index (χ1) is 12.0. The van der Waals surface area contributed by atoms with Gasteiger partial charge in [0.05, 0.1) is 11.1 Å². The van der Waals surface area contributed by atoms with E-state index in [1.54, 1.807) is 12.1 Å². The van der Waals surface area contributed by atoms with Crippen LogP contribution < -0.4 is 15.8 Å². The number of nitrogens with one attached hydrogen (secondary N) is 1. The Morgan fingerprint density at radius 1 is 1.12 bits per heavy atom. The van der Waals surface area contributed by atoms with Crippen LogP contribution in [0.5, 0.6) is 5.75 Å². The molecule has 5 rings (SSSR count). The van der Waals surface area contributed by atoms with Gasteiger partial charge in [-0.25, -0.2) is 0 Å². The van der Waals surface area contributed by atoms with Crippen molar-refractivity contribution in [3.05, 3.63) is 64.3 Å². The predicted molar refractivity (Wildman–Crippen MR) is 90.0 cm³/mol. The van der Waals surface area contributed by atoms with Crippen LogP contribution in [-0.4, -0.2) is 23.2 Å². The number of nitrogens with two attached hydrogens (primary N) is 1. The predicted octanol–water partition coefficient (Wildman–Crippen LogP) is 1.69. The Balaban J connectivity index is 1.81. The first-order valence-electron chi connectivity index (χ1n) is 7.83. The van der Waals surface area contributed by atoms with Gasteiger partial charge >= 0.3 is 0 Å². The van der Waals surface area contributed by atoms with E-state index in [1.807, 2.05) is 24.3 Å². The molecule has 2 heterocycles. The number of carbonyl (C=O) groups is 3. The molecule has 25 heavy (non-hydrogen) atoms. The van der Waals surface area contributed by atoms with Crippen molar-refractivity contribution >= 4 is 29.4 Å². The van der Waals surface area contributed by atoms with Gasteiger partial charge in [0.1, 0.15) is 5.75 Å². The lowest BCUT2D eigenvalue weighted by molar-refractivity contribution is -0.114. The third kappa shape index (κ3) is 1.65. The van der Waals surface area contributed by atoms with Gasteiger partial charge in [-0.2, -0.15) is 0 Å². The summed E-state index contributed by atoms with van der Waals surface area (Å²) in [4.78, 5) is 36.1. The molecule has 1 unspecified atom stereocenters. The Bertz CT molecular complexity index is 1040. The number of imide groups is 1. The molecule has 3 N–H and O–H groups in total. The van der Waals surface area contributed by atoms with E-state index in [9.17, 15) is 14.4 Å². The highest BCUT2D eigenvalue weighted by Crippen LogP contribution is 2.48. The normalized spacial score (nSPS) is 25.2. The number of benzene rings is 1. The summed E-state index contributed by atoms with van der Waals surface area (Å²) in [6.45, 7) is 0. The Hall–Kier alpha value is -3.41. The van der Waals surface area contributed by atoms with Crippen LogP contribution >= 0.6 is 0 Å². The van der Waals surface area contributed by atoms with E-state index < -0.39 is 17.4 Å². The zero-order valence-corrected chi connectivity index (χ0v) is 13.0. The van der Waals surface area contributed by atoms with Crippen LogP contribution in [0.15, 0.2) is 47.6 Å². The van der Waals surface area contributed by atoms with Crippen LogP contribution in [0.4, 0.5) is 5.69 Å². The molecule has 2 aliphatic heterocycles. The standard InChI is InChI=1S/C19H12N2O4/c20-13-7-9-6-10-2-1-3-11-8-12(22)4-5-19(10,11)25-16(9)15-14(13)17(23)21-18(15)24/h1-7H,8,20H2,(H,21,23,24). The fourth-order valence-electron chi connectivity index (χ4n) is 3.81. The molecule has 0 aromatic heterocycles. The first-order valence-corrected chi connectivity index (χ1v) is 7.83. The molecule has 2 aliphatic carbocycles. The second-order valence-electron chi connectivity index (χ2n) is 6.38. The van der Waals surface area contributed by atoms with E-state index in [-0.39, 0.29) is 29.0 Å². The van der Waals surface area contributed by atoms with E-state index in [0.717, 1.165) is 11.1 Å². The summed E-state index contributed by atoms with van der Waals surface area (Å²) >= 11 is 0. The lowest BCUT2D eigenvalue weighted by Crippen LogP contribution is -2.43. The highest BCUT2D eigenvalue weighted by molar-refractivity contribution is 6.25. The molecule has 1 aromatic rings. The lowest BCUT2D eigenvalue weighted by Gasteiger charge is -2.41. The molecule has 1 spiro atoms. The van der Waals surface area contributed by atoms with Gasteiger partial charge in [-0.1, -0.05) is 18.2 Å². The van der Waals surface area contributed by atoms with Crippen molar-refractivity contribution in [2.45, 2.75) is 12.0 Å². The van der Waals surface area contributed by atoms with E-state index in [2.05, 4.69) is 5.32 Å². The Kier molecular flexibility index (Phi) is 2.44.